The molecule has 1 amide bonds. The van der Waals surface area contributed by atoms with E-state index in [2.05, 4.69) is 15.5 Å². The molecule has 8 heteroatoms. The number of aryl methyl sites for hydroxylation is 2. The van der Waals surface area contributed by atoms with Gasteiger partial charge >= 0.3 is 0 Å². The van der Waals surface area contributed by atoms with Crippen LogP contribution in [0.3, 0.4) is 0 Å². The third-order valence-electron chi connectivity index (χ3n) is 3.73. The van der Waals surface area contributed by atoms with Crippen LogP contribution in [-0.2, 0) is 4.79 Å². The lowest BCUT2D eigenvalue weighted by Gasteiger charge is -2.07. The summed E-state index contributed by atoms with van der Waals surface area (Å²) in [5, 5.41) is 11.2. The zero-order valence-electron chi connectivity index (χ0n) is 14.4. The zero-order valence-corrected chi connectivity index (χ0v) is 15.2. The van der Waals surface area contributed by atoms with Crippen LogP contribution in [0.15, 0.2) is 47.6 Å². The summed E-state index contributed by atoms with van der Waals surface area (Å²) < 4.78 is 14.9. The Morgan fingerprint density at radius 2 is 2.04 bits per heavy atom. The summed E-state index contributed by atoms with van der Waals surface area (Å²) in [5.74, 6) is 6.02. The summed E-state index contributed by atoms with van der Waals surface area (Å²) in [6, 6.07) is 12.3. The summed E-state index contributed by atoms with van der Waals surface area (Å²) in [6.45, 7) is 3.64. The highest BCUT2D eigenvalue weighted by Crippen LogP contribution is 2.22. The molecule has 3 N–H and O–H groups in total. The van der Waals surface area contributed by atoms with Crippen molar-refractivity contribution in [3.05, 3.63) is 59.4 Å². The maximum atomic E-state index is 13.5. The van der Waals surface area contributed by atoms with Crippen LogP contribution in [0.1, 0.15) is 11.1 Å². The molecule has 0 saturated carbocycles. The van der Waals surface area contributed by atoms with Crippen molar-refractivity contribution in [2.45, 2.75) is 19.0 Å². The van der Waals surface area contributed by atoms with E-state index >= 15 is 0 Å². The predicted molar refractivity (Wildman–Crippen MR) is 101 cm³/mol. The average Bonchev–Trinajstić information content (AvgIpc) is 2.97. The fourth-order valence-corrected chi connectivity index (χ4v) is 3.01. The number of amides is 1. The summed E-state index contributed by atoms with van der Waals surface area (Å²) in [6.07, 6.45) is 0. The van der Waals surface area contributed by atoms with Gasteiger partial charge in [0.1, 0.15) is 5.82 Å². The highest BCUT2D eigenvalue weighted by Gasteiger charge is 2.14. The van der Waals surface area contributed by atoms with Crippen LogP contribution in [0.25, 0.3) is 11.4 Å². The van der Waals surface area contributed by atoms with Gasteiger partial charge in [-0.25, -0.2) is 9.07 Å². The first-order valence-electron chi connectivity index (χ1n) is 7.90. The average molecular weight is 371 g/mol. The van der Waals surface area contributed by atoms with E-state index in [1.165, 1.54) is 10.7 Å². The van der Waals surface area contributed by atoms with Gasteiger partial charge in [-0.05, 0) is 37.6 Å². The van der Waals surface area contributed by atoms with Gasteiger partial charge in [-0.15, -0.1) is 10.2 Å². The molecular formula is C18H18FN5OS. The largest absolute Gasteiger partial charge is 0.335 e. The van der Waals surface area contributed by atoms with Gasteiger partial charge in [-0.2, -0.15) is 0 Å². The second-order valence-electron chi connectivity index (χ2n) is 5.85. The van der Waals surface area contributed by atoms with Crippen molar-refractivity contribution in [1.29, 1.82) is 0 Å². The summed E-state index contributed by atoms with van der Waals surface area (Å²) >= 11 is 1.16. The topological polar surface area (TPSA) is 85.8 Å². The second kappa shape index (κ2) is 7.57. The molecule has 0 aliphatic carbocycles. The molecule has 0 spiro atoms. The molecule has 1 heterocycles. The molecule has 0 saturated heterocycles. The van der Waals surface area contributed by atoms with Crippen molar-refractivity contribution in [2.75, 3.05) is 16.9 Å². The van der Waals surface area contributed by atoms with E-state index in [4.69, 9.17) is 5.84 Å². The van der Waals surface area contributed by atoms with E-state index in [1.54, 1.807) is 19.1 Å². The molecule has 3 aromatic rings. The Balaban J connectivity index is 1.64. The number of thioether (sulfide) groups is 1. The molecule has 134 valence electrons. The van der Waals surface area contributed by atoms with E-state index < -0.39 is 0 Å². The SMILES string of the molecule is Cc1cccc(-c2nnc(SCC(=O)Nc3ccc(C)c(F)c3)n2N)c1. The number of halogens is 1. The lowest BCUT2D eigenvalue weighted by molar-refractivity contribution is -0.113. The minimum atomic E-state index is -0.361. The second-order valence-corrected chi connectivity index (χ2v) is 6.79. The Labute approximate surface area is 154 Å². The Hall–Kier alpha value is -2.87. The molecule has 0 unspecified atom stereocenters. The molecule has 0 bridgehead atoms. The number of anilines is 1. The summed E-state index contributed by atoms with van der Waals surface area (Å²) in [7, 11) is 0. The van der Waals surface area contributed by atoms with Crippen molar-refractivity contribution in [1.82, 2.24) is 14.9 Å². The van der Waals surface area contributed by atoms with Crippen LogP contribution < -0.4 is 11.2 Å². The van der Waals surface area contributed by atoms with Crippen molar-refractivity contribution >= 4 is 23.4 Å². The van der Waals surface area contributed by atoms with Gasteiger partial charge in [0.15, 0.2) is 5.82 Å². The smallest absolute Gasteiger partial charge is 0.234 e. The molecule has 1 aromatic heterocycles. The van der Waals surface area contributed by atoms with Crippen LogP contribution in [0.4, 0.5) is 10.1 Å². The molecule has 6 nitrogen and oxygen atoms in total. The molecule has 2 aromatic carbocycles. The van der Waals surface area contributed by atoms with E-state index in [1.807, 2.05) is 31.2 Å². The Morgan fingerprint density at radius 3 is 2.77 bits per heavy atom. The number of nitrogens with two attached hydrogens (primary N) is 1. The number of hydrogen-bond donors (Lipinski definition) is 2. The highest BCUT2D eigenvalue weighted by molar-refractivity contribution is 7.99. The Morgan fingerprint density at radius 1 is 1.23 bits per heavy atom. The van der Waals surface area contributed by atoms with Gasteiger partial charge in [0, 0.05) is 11.3 Å². The molecule has 26 heavy (non-hydrogen) atoms. The summed E-state index contributed by atoms with van der Waals surface area (Å²) in [4.78, 5) is 12.1. The maximum Gasteiger partial charge on any atom is 0.234 e. The first-order chi connectivity index (χ1) is 12.4. The predicted octanol–water partition coefficient (Wildman–Crippen LogP) is 3.15. The Kier molecular flexibility index (Phi) is 5.22. The fourth-order valence-electron chi connectivity index (χ4n) is 2.35. The van der Waals surface area contributed by atoms with Crippen molar-refractivity contribution in [3.63, 3.8) is 0 Å². The minimum absolute atomic E-state index is 0.0820. The van der Waals surface area contributed by atoms with Gasteiger partial charge in [-0.3, -0.25) is 4.79 Å². The quantitative estimate of drug-likeness (QED) is 0.532. The van der Waals surface area contributed by atoms with E-state index in [0.717, 1.165) is 22.9 Å². The molecule has 0 atom stereocenters. The number of nitrogens with one attached hydrogen (secondary N) is 1. The van der Waals surface area contributed by atoms with Crippen LogP contribution in [0.2, 0.25) is 0 Å². The number of nitrogens with zero attached hydrogens (tertiary/aromatic N) is 3. The van der Waals surface area contributed by atoms with Crippen LogP contribution >= 0.6 is 11.8 Å². The van der Waals surface area contributed by atoms with Gasteiger partial charge in [0.25, 0.3) is 0 Å². The third kappa shape index (κ3) is 4.02. The molecular weight excluding hydrogens is 353 g/mol. The van der Waals surface area contributed by atoms with Gasteiger partial charge in [-0.1, -0.05) is 41.6 Å². The van der Waals surface area contributed by atoms with Crippen LogP contribution in [-0.4, -0.2) is 26.5 Å². The zero-order chi connectivity index (χ0) is 18.7. The van der Waals surface area contributed by atoms with Crippen molar-refractivity contribution in [3.8, 4) is 11.4 Å². The fraction of sp³-hybridized carbons (Fsp3) is 0.167. The first-order valence-corrected chi connectivity index (χ1v) is 8.89. The molecule has 0 fully saturated rings. The number of rotatable bonds is 5. The lowest BCUT2D eigenvalue weighted by Crippen LogP contribution is -2.16. The number of hydrogen-bond acceptors (Lipinski definition) is 5. The monoisotopic (exact) mass is 371 g/mol. The van der Waals surface area contributed by atoms with E-state index in [-0.39, 0.29) is 17.5 Å². The molecule has 0 aliphatic rings. The Bertz CT molecular complexity index is 957. The molecule has 3 rings (SSSR count). The number of nitrogen functional groups attached to an aromatic ring is 1. The van der Waals surface area contributed by atoms with Crippen LogP contribution in [0, 0.1) is 19.7 Å². The highest BCUT2D eigenvalue weighted by atomic mass is 32.2. The van der Waals surface area contributed by atoms with Crippen molar-refractivity contribution < 1.29 is 9.18 Å². The van der Waals surface area contributed by atoms with Crippen molar-refractivity contribution in [2.24, 2.45) is 0 Å². The van der Waals surface area contributed by atoms with Crippen LogP contribution in [0.5, 0.6) is 0 Å². The lowest BCUT2D eigenvalue weighted by atomic mass is 10.1. The van der Waals surface area contributed by atoms with Gasteiger partial charge in [0.05, 0.1) is 5.75 Å². The number of aromatic nitrogens is 3. The first kappa shape index (κ1) is 17.9. The number of carbonyl (C=O) groups excluding carboxylic acids is 1. The van der Waals surface area contributed by atoms with E-state index in [9.17, 15) is 9.18 Å². The van der Waals surface area contributed by atoms with Gasteiger partial charge < -0.3 is 11.2 Å². The molecule has 0 aliphatic heterocycles. The summed E-state index contributed by atoms with van der Waals surface area (Å²) in [5.41, 5.74) is 2.88. The number of carbonyl (C=O) groups is 1. The molecule has 0 radical (unpaired) electrons. The third-order valence-corrected chi connectivity index (χ3v) is 4.67. The number of benzene rings is 2. The van der Waals surface area contributed by atoms with Gasteiger partial charge in [0.2, 0.25) is 11.1 Å². The van der Waals surface area contributed by atoms with E-state index in [0.29, 0.717) is 22.2 Å². The minimum Gasteiger partial charge on any atom is -0.335 e. The standard InChI is InChI=1S/C18H18FN5OS/c1-11-4-3-5-13(8-11)17-22-23-18(24(17)20)26-10-16(25)21-14-7-6-12(2)15(19)9-14/h3-9H,10,20H2,1-2H3,(H,21,25). The normalized spacial score (nSPS) is 10.7. The maximum absolute atomic E-state index is 13.5.